The van der Waals surface area contributed by atoms with E-state index >= 15 is 0 Å². The second kappa shape index (κ2) is 13.1. The summed E-state index contributed by atoms with van der Waals surface area (Å²) in [6.45, 7) is 0. The van der Waals surface area contributed by atoms with Gasteiger partial charge in [0.2, 0.25) is 0 Å². The molecule has 0 saturated heterocycles. The molecule has 2 nitrogen and oxygen atoms in total. The van der Waals surface area contributed by atoms with E-state index in [0.29, 0.717) is 0 Å². The molecular weight excluding hydrogens is 701 g/mol. The molecule has 11 aromatic rings. The van der Waals surface area contributed by atoms with Crippen LogP contribution in [0, 0.1) is 0 Å². The van der Waals surface area contributed by atoms with Gasteiger partial charge >= 0.3 is 0 Å². The fraction of sp³-hybridized carbons (Fsp3) is 0.0357. The molecule has 2 aromatic heterocycles. The number of hydrogen-bond donors (Lipinski definition) is 0. The van der Waals surface area contributed by atoms with Crippen molar-refractivity contribution in [2.75, 3.05) is 0 Å². The van der Waals surface area contributed by atoms with Crippen molar-refractivity contribution in [1.82, 2.24) is 9.13 Å². The molecule has 2 heteroatoms. The molecule has 1 aliphatic carbocycles. The second-order valence-corrected chi connectivity index (χ2v) is 15.7. The zero-order chi connectivity index (χ0) is 38.2. The first-order valence-corrected chi connectivity index (χ1v) is 20.3. The lowest BCUT2D eigenvalue weighted by Crippen LogP contribution is -2.12. The molecule has 58 heavy (non-hydrogen) atoms. The highest BCUT2D eigenvalue weighted by Crippen LogP contribution is 2.45. The van der Waals surface area contributed by atoms with E-state index in [-0.39, 0.29) is 5.92 Å². The van der Waals surface area contributed by atoms with Gasteiger partial charge in [0.15, 0.2) is 0 Å². The molecule has 0 spiro atoms. The van der Waals surface area contributed by atoms with Gasteiger partial charge in [-0.25, -0.2) is 0 Å². The maximum atomic E-state index is 2.44. The number of nitrogens with zero attached hydrogens (tertiary/aromatic N) is 2. The Labute approximate surface area is 337 Å². The van der Waals surface area contributed by atoms with Crippen LogP contribution in [-0.4, -0.2) is 9.13 Å². The van der Waals surface area contributed by atoms with Crippen molar-refractivity contribution in [1.29, 1.82) is 0 Å². The topological polar surface area (TPSA) is 9.86 Å². The molecule has 1 aliphatic rings. The van der Waals surface area contributed by atoms with E-state index in [9.17, 15) is 0 Å². The summed E-state index contributed by atoms with van der Waals surface area (Å²) in [5.74, 6) is 0.274. The summed E-state index contributed by atoms with van der Waals surface area (Å²) in [4.78, 5) is 0. The van der Waals surface area contributed by atoms with Gasteiger partial charge in [-0.15, -0.1) is 0 Å². The molecule has 2 heterocycles. The van der Waals surface area contributed by atoms with Gasteiger partial charge in [0, 0.05) is 38.8 Å². The van der Waals surface area contributed by atoms with Gasteiger partial charge in [-0.2, -0.15) is 0 Å². The van der Waals surface area contributed by atoms with Gasteiger partial charge in [-0.1, -0.05) is 158 Å². The number of aromatic nitrogens is 2. The van der Waals surface area contributed by atoms with Crippen LogP contribution in [-0.2, 0) is 6.42 Å². The van der Waals surface area contributed by atoms with Crippen molar-refractivity contribution < 1.29 is 0 Å². The van der Waals surface area contributed by atoms with Crippen LogP contribution in [0.1, 0.15) is 22.6 Å². The average molecular weight is 739 g/mol. The molecule has 0 fully saturated rings. The van der Waals surface area contributed by atoms with Crippen LogP contribution < -0.4 is 0 Å². The Kier molecular flexibility index (Phi) is 7.39. The summed E-state index contributed by atoms with van der Waals surface area (Å²) in [5.41, 5.74) is 19.0. The monoisotopic (exact) mass is 738 g/mol. The fourth-order valence-electron chi connectivity index (χ4n) is 9.83. The number of rotatable bonds is 5. The summed E-state index contributed by atoms with van der Waals surface area (Å²) in [6, 6.07) is 78.4. The van der Waals surface area contributed by atoms with Gasteiger partial charge in [-0.3, -0.25) is 0 Å². The standard InChI is InChI=1S/C56H38N2/c1-2-14-37(15-3-1)40-28-29-42-35-51(46-21-5-4-20-45(46)50(42)34-40)41-18-12-16-38(32-41)39-17-13-19-43(33-39)57-55-27-11-8-24-49(55)52-36-44(30-31-56(52)57)58-53-25-9-6-22-47(53)48-23-7-10-26-54(48)58/h1-34,36,51H,35H2. The minimum absolute atomic E-state index is 0.274. The fourth-order valence-corrected chi connectivity index (χ4v) is 9.83. The van der Waals surface area contributed by atoms with Crippen molar-refractivity contribution >= 4 is 43.6 Å². The summed E-state index contributed by atoms with van der Waals surface area (Å²) < 4.78 is 4.85. The molecular formula is C56H38N2. The number of para-hydroxylation sites is 3. The van der Waals surface area contributed by atoms with Crippen LogP contribution in [0.2, 0.25) is 0 Å². The van der Waals surface area contributed by atoms with E-state index in [1.165, 1.54) is 99.4 Å². The van der Waals surface area contributed by atoms with Crippen LogP contribution in [0.4, 0.5) is 0 Å². The second-order valence-electron chi connectivity index (χ2n) is 15.7. The minimum atomic E-state index is 0.274. The van der Waals surface area contributed by atoms with E-state index < -0.39 is 0 Å². The Morgan fingerprint density at radius 1 is 0.328 bits per heavy atom. The molecule has 0 amide bonds. The Hall–Kier alpha value is -7.42. The van der Waals surface area contributed by atoms with Crippen molar-refractivity contribution in [3.05, 3.63) is 229 Å². The predicted molar refractivity (Wildman–Crippen MR) is 243 cm³/mol. The Bertz CT molecular complexity index is 3330. The van der Waals surface area contributed by atoms with Crippen LogP contribution in [0.3, 0.4) is 0 Å². The molecule has 272 valence electrons. The minimum Gasteiger partial charge on any atom is -0.309 e. The Morgan fingerprint density at radius 3 is 1.62 bits per heavy atom. The van der Waals surface area contributed by atoms with E-state index in [2.05, 4.69) is 221 Å². The van der Waals surface area contributed by atoms with Crippen molar-refractivity contribution in [2.45, 2.75) is 12.3 Å². The first-order chi connectivity index (χ1) is 28.8. The summed E-state index contributed by atoms with van der Waals surface area (Å²) in [6.07, 6.45) is 0.975. The lowest BCUT2D eigenvalue weighted by atomic mass is 9.75. The molecule has 0 aliphatic heterocycles. The Balaban J connectivity index is 0.941. The lowest BCUT2D eigenvalue weighted by Gasteiger charge is -2.29. The van der Waals surface area contributed by atoms with Gasteiger partial charge in [0.05, 0.1) is 22.1 Å². The van der Waals surface area contributed by atoms with Gasteiger partial charge in [0.1, 0.15) is 0 Å². The highest BCUT2D eigenvalue weighted by Gasteiger charge is 2.26. The van der Waals surface area contributed by atoms with Gasteiger partial charge in [-0.05, 0) is 111 Å². The third-order valence-corrected chi connectivity index (χ3v) is 12.5. The Morgan fingerprint density at radius 2 is 0.879 bits per heavy atom. The van der Waals surface area contributed by atoms with E-state index in [1.807, 2.05) is 0 Å². The number of hydrogen-bond acceptors (Lipinski definition) is 0. The quantitative estimate of drug-likeness (QED) is 0.166. The lowest BCUT2D eigenvalue weighted by molar-refractivity contribution is 0.794. The van der Waals surface area contributed by atoms with Crippen LogP contribution >= 0.6 is 0 Å². The highest BCUT2D eigenvalue weighted by atomic mass is 15.0. The maximum absolute atomic E-state index is 2.44. The van der Waals surface area contributed by atoms with Gasteiger partial charge in [0.25, 0.3) is 0 Å². The van der Waals surface area contributed by atoms with Crippen LogP contribution in [0.5, 0.6) is 0 Å². The normalized spacial score (nSPS) is 13.6. The average Bonchev–Trinajstić information content (AvgIpc) is 3.81. The van der Waals surface area contributed by atoms with E-state index in [4.69, 9.17) is 0 Å². The maximum Gasteiger partial charge on any atom is 0.0542 e. The molecule has 0 radical (unpaired) electrons. The van der Waals surface area contributed by atoms with Crippen molar-refractivity contribution in [3.8, 4) is 44.8 Å². The third-order valence-electron chi connectivity index (χ3n) is 12.5. The third kappa shape index (κ3) is 5.12. The van der Waals surface area contributed by atoms with Crippen molar-refractivity contribution in [2.24, 2.45) is 0 Å². The highest BCUT2D eigenvalue weighted by molar-refractivity contribution is 6.12. The number of fused-ring (bicyclic) bond motifs is 9. The van der Waals surface area contributed by atoms with E-state index in [1.54, 1.807) is 0 Å². The van der Waals surface area contributed by atoms with Crippen LogP contribution in [0.15, 0.2) is 212 Å². The predicted octanol–water partition coefficient (Wildman–Crippen LogP) is 14.6. The summed E-state index contributed by atoms with van der Waals surface area (Å²) in [7, 11) is 0. The summed E-state index contributed by atoms with van der Waals surface area (Å²) >= 11 is 0. The van der Waals surface area contributed by atoms with Crippen molar-refractivity contribution in [3.63, 3.8) is 0 Å². The molecule has 1 atom stereocenters. The van der Waals surface area contributed by atoms with Gasteiger partial charge < -0.3 is 9.13 Å². The molecule has 0 bridgehead atoms. The zero-order valence-corrected chi connectivity index (χ0v) is 31.9. The van der Waals surface area contributed by atoms with E-state index in [0.717, 1.165) is 12.1 Å². The van der Waals surface area contributed by atoms with Crippen LogP contribution in [0.25, 0.3) is 88.4 Å². The largest absolute Gasteiger partial charge is 0.309 e. The smallest absolute Gasteiger partial charge is 0.0542 e. The summed E-state index contributed by atoms with van der Waals surface area (Å²) in [5, 5.41) is 5.04. The first kappa shape index (κ1) is 32.8. The molecule has 1 unspecified atom stereocenters. The molecule has 0 saturated carbocycles. The zero-order valence-electron chi connectivity index (χ0n) is 31.9. The molecule has 0 N–H and O–H groups in total. The SMILES string of the molecule is c1ccc(-c2ccc3c(c2)-c2ccccc2C(c2cccc(-c4cccc(-n5c6ccccc6c6cc(-n7c8ccccc8c8ccccc87)ccc65)c4)c2)C3)cc1. The number of benzene rings is 9. The molecule has 12 rings (SSSR count). The molecule has 9 aromatic carbocycles. The first-order valence-electron chi connectivity index (χ1n) is 20.3.